The Morgan fingerprint density at radius 3 is 2.75 bits per heavy atom. The molecule has 2 rings (SSSR count). The highest BCUT2D eigenvalue weighted by molar-refractivity contribution is 5.21. The first kappa shape index (κ1) is 10.7. The van der Waals surface area contributed by atoms with Gasteiger partial charge in [0.2, 0.25) is 0 Å². The van der Waals surface area contributed by atoms with Crippen LogP contribution in [0, 0.1) is 0 Å². The number of aryl methyl sites for hydroxylation is 1. The second-order valence-electron chi connectivity index (χ2n) is 3.59. The molecule has 1 heterocycles. The van der Waals surface area contributed by atoms with Crippen LogP contribution in [0.2, 0.25) is 0 Å². The lowest BCUT2D eigenvalue weighted by Gasteiger charge is -2.10. The van der Waals surface area contributed by atoms with Gasteiger partial charge in [-0.05, 0) is 12.1 Å². The van der Waals surface area contributed by atoms with E-state index in [0.29, 0.717) is 0 Å². The van der Waals surface area contributed by atoms with Crippen molar-refractivity contribution in [2.24, 2.45) is 7.05 Å². The lowest BCUT2D eigenvalue weighted by atomic mass is 10.2. The number of hydrogen-bond acceptors (Lipinski definition) is 3. The molecular weight excluding hydrogens is 204 g/mol. The summed E-state index contributed by atoms with van der Waals surface area (Å²) in [6.45, 7) is 0.232. The molecule has 4 nitrogen and oxygen atoms in total. The van der Waals surface area contributed by atoms with Crippen LogP contribution in [-0.4, -0.2) is 21.5 Å². The van der Waals surface area contributed by atoms with Gasteiger partial charge in [-0.1, -0.05) is 18.2 Å². The summed E-state index contributed by atoms with van der Waals surface area (Å²) in [6, 6.07) is 9.42. The summed E-state index contributed by atoms with van der Waals surface area (Å²) in [4.78, 5) is 0. The quantitative estimate of drug-likeness (QED) is 0.846. The van der Waals surface area contributed by atoms with E-state index in [1.807, 2.05) is 37.4 Å². The first-order valence-electron chi connectivity index (χ1n) is 5.10. The Morgan fingerprint density at radius 2 is 2.12 bits per heavy atom. The highest BCUT2D eigenvalue weighted by Gasteiger charge is 2.09. The van der Waals surface area contributed by atoms with Gasteiger partial charge in [-0.3, -0.25) is 4.68 Å². The summed E-state index contributed by atoms with van der Waals surface area (Å²) in [5.41, 5.74) is 0.762. The molecule has 84 valence electrons. The van der Waals surface area contributed by atoms with Crippen molar-refractivity contribution in [1.29, 1.82) is 0 Å². The smallest absolute Gasteiger partial charge is 0.119 e. The van der Waals surface area contributed by atoms with E-state index < -0.39 is 6.10 Å². The lowest BCUT2D eigenvalue weighted by molar-refractivity contribution is 0.108. The summed E-state index contributed by atoms with van der Waals surface area (Å²) in [5.74, 6) is 0.755. The van der Waals surface area contributed by atoms with Crippen LogP contribution in [0.25, 0.3) is 0 Å². The molecule has 0 fully saturated rings. The molecule has 0 amide bonds. The molecule has 1 aromatic carbocycles. The average molecular weight is 218 g/mol. The minimum atomic E-state index is -0.645. The number of benzene rings is 1. The monoisotopic (exact) mass is 218 g/mol. The van der Waals surface area contributed by atoms with Crippen molar-refractivity contribution in [2.75, 3.05) is 6.61 Å². The van der Waals surface area contributed by atoms with Crippen LogP contribution in [0.3, 0.4) is 0 Å². The molecule has 0 radical (unpaired) electrons. The van der Waals surface area contributed by atoms with Gasteiger partial charge in [0.05, 0.1) is 6.20 Å². The molecule has 16 heavy (non-hydrogen) atoms. The van der Waals surface area contributed by atoms with Crippen LogP contribution >= 0.6 is 0 Å². The zero-order chi connectivity index (χ0) is 11.4. The van der Waals surface area contributed by atoms with E-state index in [0.717, 1.165) is 11.3 Å². The SMILES string of the molecule is Cn1cc(C(O)COc2ccccc2)cn1. The van der Waals surface area contributed by atoms with E-state index in [4.69, 9.17) is 4.74 Å². The number of aromatic nitrogens is 2. The summed E-state index contributed by atoms with van der Waals surface area (Å²) >= 11 is 0. The van der Waals surface area contributed by atoms with Gasteiger partial charge in [0, 0.05) is 18.8 Å². The van der Waals surface area contributed by atoms with Gasteiger partial charge in [0.15, 0.2) is 0 Å². The van der Waals surface area contributed by atoms with E-state index in [-0.39, 0.29) is 6.61 Å². The fourth-order valence-corrected chi connectivity index (χ4v) is 1.40. The molecule has 0 spiro atoms. The molecule has 1 unspecified atom stereocenters. The number of ether oxygens (including phenoxy) is 1. The van der Waals surface area contributed by atoms with Crippen molar-refractivity contribution >= 4 is 0 Å². The zero-order valence-electron chi connectivity index (χ0n) is 9.08. The Kier molecular flexibility index (Phi) is 3.22. The van der Waals surface area contributed by atoms with Crippen LogP contribution < -0.4 is 4.74 Å². The molecule has 0 saturated heterocycles. The summed E-state index contributed by atoms with van der Waals surface area (Å²) in [7, 11) is 1.81. The van der Waals surface area contributed by atoms with Crippen LogP contribution in [0.5, 0.6) is 5.75 Å². The fraction of sp³-hybridized carbons (Fsp3) is 0.250. The molecule has 1 N–H and O–H groups in total. The third kappa shape index (κ3) is 2.61. The number of nitrogens with zero attached hydrogens (tertiary/aromatic N) is 2. The summed E-state index contributed by atoms with van der Waals surface area (Å²) in [5, 5.41) is 13.8. The van der Waals surface area contributed by atoms with Gasteiger partial charge in [-0.2, -0.15) is 5.10 Å². The van der Waals surface area contributed by atoms with Gasteiger partial charge in [-0.15, -0.1) is 0 Å². The Hall–Kier alpha value is -1.81. The number of hydrogen-bond donors (Lipinski definition) is 1. The molecule has 0 aliphatic rings. The number of para-hydroxylation sites is 1. The van der Waals surface area contributed by atoms with E-state index in [9.17, 15) is 5.11 Å². The van der Waals surface area contributed by atoms with Crippen molar-refractivity contribution in [3.05, 3.63) is 48.3 Å². The second kappa shape index (κ2) is 4.81. The average Bonchev–Trinajstić information content (AvgIpc) is 2.74. The van der Waals surface area contributed by atoms with Crippen LogP contribution in [0.1, 0.15) is 11.7 Å². The zero-order valence-corrected chi connectivity index (χ0v) is 9.08. The number of aliphatic hydroxyl groups is 1. The second-order valence-corrected chi connectivity index (χ2v) is 3.59. The molecule has 1 atom stereocenters. The number of rotatable bonds is 4. The number of aliphatic hydroxyl groups excluding tert-OH is 1. The molecule has 0 saturated carbocycles. The molecule has 0 aliphatic carbocycles. The topological polar surface area (TPSA) is 47.3 Å². The molecule has 2 aromatic rings. The summed E-state index contributed by atoms with van der Waals surface area (Å²) in [6.07, 6.45) is 2.77. The van der Waals surface area contributed by atoms with Crippen molar-refractivity contribution in [2.45, 2.75) is 6.10 Å². The van der Waals surface area contributed by atoms with Gasteiger partial charge >= 0.3 is 0 Å². The maximum atomic E-state index is 9.82. The fourth-order valence-electron chi connectivity index (χ4n) is 1.40. The Morgan fingerprint density at radius 1 is 1.38 bits per heavy atom. The standard InChI is InChI=1S/C12H14N2O2/c1-14-8-10(7-13-14)12(15)9-16-11-5-3-2-4-6-11/h2-8,12,15H,9H2,1H3. The van der Waals surface area contributed by atoms with E-state index in [1.54, 1.807) is 17.1 Å². The van der Waals surface area contributed by atoms with Gasteiger partial charge in [0.1, 0.15) is 18.5 Å². The molecule has 4 heteroatoms. The van der Waals surface area contributed by atoms with Gasteiger partial charge in [0.25, 0.3) is 0 Å². The maximum Gasteiger partial charge on any atom is 0.119 e. The highest BCUT2D eigenvalue weighted by atomic mass is 16.5. The molecular formula is C12H14N2O2. The Bertz CT molecular complexity index is 439. The van der Waals surface area contributed by atoms with Crippen molar-refractivity contribution in [3.63, 3.8) is 0 Å². The first-order valence-corrected chi connectivity index (χ1v) is 5.10. The largest absolute Gasteiger partial charge is 0.491 e. The molecule has 1 aromatic heterocycles. The van der Waals surface area contributed by atoms with Crippen LogP contribution in [0.15, 0.2) is 42.7 Å². The van der Waals surface area contributed by atoms with E-state index in [1.165, 1.54) is 0 Å². The minimum Gasteiger partial charge on any atom is -0.491 e. The minimum absolute atomic E-state index is 0.232. The van der Waals surface area contributed by atoms with E-state index in [2.05, 4.69) is 5.10 Å². The maximum absolute atomic E-state index is 9.82. The Balaban J connectivity index is 1.91. The predicted octanol–water partition coefficient (Wildman–Crippen LogP) is 1.53. The van der Waals surface area contributed by atoms with Crippen LogP contribution in [0.4, 0.5) is 0 Å². The first-order chi connectivity index (χ1) is 7.75. The van der Waals surface area contributed by atoms with Crippen LogP contribution in [-0.2, 0) is 7.05 Å². The lowest BCUT2D eigenvalue weighted by Crippen LogP contribution is -2.08. The predicted molar refractivity (Wildman–Crippen MR) is 60.1 cm³/mol. The third-order valence-electron chi connectivity index (χ3n) is 2.26. The van der Waals surface area contributed by atoms with Gasteiger partial charge < -0.3 is 9.84 Å². The molecule has 0 bridgehead atoms. The highest BCUT2D eigenvalue weighted by Crippen LogP contribution is 2.15. The normalized spacial score (nSPS) is 12.4. The van der Waals surface area contributed by atoms with Crippen molar-refractivity contribution in [1.82, 2.24) is 9.78 Å². The van der Waals surface area contributed by atoms with Crippen molar-refractivity contribution < 1.29 is 9.84 Å². The van der Waals surface area contributed by atoms with Gasteiger partial charge in [-0.25, -0.2) is 0 Å². The Labute approximate surface area is 94.1 Å². The summed E-state index contributed by atoms with van der Waals surface area (Å²) < 4.78 is 7.10. The van der Waals surface area contributed by atoms with Crippen molar-refractivity contribution in [3.8, 4) is 5.75 Å². The molecule has 0 aliphatic heterocycles. The third-order valence-corrected chi connectivity index (χ3v) is 2.26. The van der Waals surface area contributed by atoms with E-state index >= 15 is 0 Å².